The van der Waals surface area contributed by atoms with Gasteiger partial charge in [-0.3, -0.25) is 23.9 Å². The third kappa shape index (κ3) is 4.56. The van der Waals surface area contributed by atoms with Crippen molar-refractivity contribution in [1.29, 1.82) is 0 Å². The number of hydrogen-bond donors (Lipinski definition) is 1. The van der Waals surface area contributed by atoms with Gasteiger partial charge in [-0.1, -0.05) is 19.1 Å². The summed E-state index contributed by atoms with van der Waals surface area (Å²) in [5.74, 6) is 0.451. The number of carbonyl (C=O) groups is 2. The van der Waals surface area contributed by atoms with Crippen molar-refractivity contribution in [2.45, 2.75) is 26.8 Å². The van der Waals surface area contributed by atoms with Crippen LogP contribution in [0.3, 0.4) is 0 Å². The van der Waals surface area contributed by atoms with E-state index in [0.29, 0.717) is 56.0 Å². The number of benzene rings is 1. The highest BCUT2D eigenvalue weighted by Gasteiger charge is 2.23. The smallest absolute Gasteiger partial charge is 0.261 e. The number of fused-ring (bicyclic) bond motifs is 1. The van der Waals surface area contributed by atoms with Crippen molar-refractivity contribution in [2.75, 3.05) is 39.3 Å². The highest BCUT2D eigenvalue weighted by molar-refractivity contribution is 5.80. The molecule has 0 saturated carbocycles. The molecule has 0 spiro atoms. The summed E-state index contributed by atoms with van der Waals surface area (Å²) < 4.78 is 1.44. The Morgan fingerprint density at radius 3 is 2.54 bits per heavy atom. The first-order valence-electron chi connectivity index (χ1n) is 9.72. The van der Waals surface area contributed by atoms with E-state index in [1.54, 1.807) is 30.0 Å². The first kappa shape index (κ1) is 20.0. The molecule has 0 unspecified atom stereocenters. The largest absolute Gasteiger partial charge is 0.355 e. The van der Waals surface area contributed by atoms with Crippen molar-refractivity contribution in [3.8, 4) is 0 Å². The van der Waals surface area contributed by atoms with E-state index < -0.39 is 0 Å². The Balaban J connectivity index is 1.60. The third-order valence-electron chi connectivity index (χ3n) is 5.01. The maximum Gasteiger partial charge on any atom is 0.261 e. The first-order valence-corrected chi connectivity index (χ1v) is 9.72. The minimum atomic E-state index is -0.192. The highest BCUT2D eigenvalue weighted by Crippen LogP contribution is 2.08. The van der Waals surface area contributed by atoms with Gasteiger partial charge < -0.3 is 10.2 Å². The number of nitrogens with zero attached hydrogens (tertiary/aromatic N) is 4. The third-order valence-corrected chi connectivity index (χ3v) is 5.01. The van der Waals surface area contributed by atoms with Crippen molar-refractivity contribution in [3.05, 3.63) is 40.4 Å². The Bertz CT molecular complexity index is 916. The predicted octanol–water partition coefficient (Wildman–Crippen LogP) is 0.375. The second kappa shape index (κ2) is 8.97. The van der Waals surface area contributed by atoms with E-state index in [2.05, 4.69) is 10.3 Å². The monoisotopic (exact) mass is 385 g/mol. The lowest BCUT2D eigenvalue weighted by molar-refractivity contribution is -0.134. The molecule has 0 bridgehead atoms. The van der Waals surface area contributed by atoms with Crippen molar-refractivity contribution >= 4 is 22.7 Å². The lowest BCUT2D eigenvalue weighted by atomic mass is 10.2. The molecule has 3 rings (SSSR count). The van der Waals surface area contributed by atoms with Gasteiger partial charge in [0.2, 0.25) is 11.8 Å². The molecule has 28 heavy (non-hydrogen) atoms. The van der Waals surface area contributed by atoms with E-state index in [-0.39, 0.29) is 23.9 Å². The minimum absolute atomic E-state index is 0.0144. The van der Waals surface area contributed by atoms with E-state index in [1.807, 2.05) is 17.9 Å². The van der Waals surface area contributed by atoms with E-state index in [0.717, 1.165) is 6.42 Å². The first-order chi connectivity index (χ1) is 13.5. The van der Waals surface area contributed by atoms with Crippen LogP contribution in [0.15, 0.2) is 29.1 Å². The molecular weight excluding hydrogens is 358 g/mol. The molecule has 1 fully saturated rings. The van der Waals surface area contributed by atoms with E-state index in [1.165, 1.54) is 4.57 Å². The second-order valence-electron chi connectivity index (χ2n) is 7.07. The average molecular weight is 385 g/mol. The van der Waals surface area contributed by atoms with Gasteiger partial charge in [0.25, 0.3) is 5.56 Å². The van der Waals surface area contributed by atoms with Crippen molar-refractivity contribution in [1.82, 2.24) is 24.7 Å². The van der Waals surface area contributed by atoms with Gasteiger partial charge in [0.05, 0.1) is 17.4 Å². The van der Waals surface area contributed by atoms with Crippen LogP contribution in [0.2, 0.25) is 0 Å². The SMILES string of the molecule is CCCNC(=O)CN1CCN(C(=O)Cn2c(C)nc3ccccc3c2=O)CC1. The maximum absolute atomic E-state index is 12.7. The van der Waals surface area contributed by atoms with Gasteiger partial charge in [-0.15, -0.1) is 0 Å². The van der Waals surface area contributed by atoms with E-state index in [9.17, 15) is 14.4 Å². The van der Waals surface area contributed by atoms with Crippen LogP contribution in [0.5, 0.6) is 0 Å². The van der Waals surface area contributed by atoms with Crippen molar-refractivity contribution in [3.63, 3.8) is 0 Å². The Morgan fingerprint density at radius 1 is 1.11 bits per heavy atom. The van der Waals surface area contributed by atoms with E-state index >= 15 is 0 Å². The number of hydrogen-bond acceptors (Lipinski definition) is 5. The molecule has 0 atom stereocenters. The van der Waals surface area contributed by atoms with Gasteiger partial charge >= 0.3 is 0 Å². The standard InChI is InChI=1S/C20H27N5O3/c1-3-8-21-18(26)13-23-9-11-24(12-10-23)19(27)14-25-15(2)22-17-7-5-4-6-16(17)20(25)28/h4-7H,3,8-14H2,1-2H3,(H,21,26). The molecular formula is C20H27N5O3. The van der Waals surface area contributed by atoms with Gasteiger partial charge in [-0.25, -0.2) is 4.98 Å². The van der Waals surface area contributed by atoms with Crippen LogP contribution in [0.1, 0.15) is 19.2 Å². The molecule has 8 heteroatoms. The zero-order chi connectivity index (χ0) is 20.1. The maximum atomic E-state index is 12.7. The summed E-state index contributed by atoms with van der Waals surface area (Å²) in [6, 6.07) is 7.16. The van der Waals surface area contributed by atoms with Gasteiger partial charge in [-0.05, 0) is 25.5 Å². The van der Waals surface area contributed by atoms with Crippen LogP contribution in [-0.2, 0) is 16.1 Å². The Labute approximate surface area is 164 Å². The summed E-state index contributed by atoms with van der Waals surface area (Å²) in [7, 11) is 0. The molecule has 2 amide bonds. The summed E-state index contributed by atoms with van der Waals surface area (Å²) >= 11 is 0. The number of rotatable bonds is 6. The Kier molecular flexibility index (Phi) is 6.41. The van der Waals surface area contributed by atoms with Crippen LogP contribution in [0, 0.1) is 6.92 Å². The summed E-state index contributed by atoms with van der Waals surface area (Å²) in [4.78, 5) is 45.5. The Morgan fingerprint density at radius 2 is 1.82 bits per heavy atom. The van der Waals surface area contributed by atoms with Crippen LogP contribution in [-0.4, -0.2) is 70.4 Å². The van der Waals surface area contributed by atoms with Gasteiger partial charge in [-0.2, -0.15) is 0 Å². The number of aryl methyl sites for hydroxylation is 1. The van der Waals surface area contributed by atoms with Crippen LogP contribution in [0.4, 0.5) is 0 Å². The fourth-order valence-corrected chi connectivity index (χ4v) is 3.38. The fraction of sp³-hybridized carbons (Fsp3) is 0.500. The molecule has 0 aliphatic carbocycles. The van der Waals surface area contributed by atoms with Crippen molar-refractivity contribution in [2.24, 2.45) is 0 Å². The van der Waals surface area contributed by atoms with Crippen LogP contribution >= 0.6 is 0 Å². The lowest BCUT2D eigenvalue weighted by Crippen LogP contribution is -2.52. The zero-order valence-electron chi connectivity index (χ0n) is 16.5. The summed E-state index contributed by atoms with van der Waals surface area (Å²) in [6.07, 6.45) is 0.913. The van der Waals surface area contributed by atoms with Gasteiger partial charge in [0, 0.05) is 32.7 Å². The number of aromatic nitrogens is 2. The molecule has 1 aromatic heterocycles. The van der Waals surface area contributed by atoms with Crippen molar-refractivity contribution < 1.29 is 9.59 Å². The molecule has 2 aromatic rings. The number of amides is 2. The lowest BCUT2D eigenvalue weighted by Gasteiger charge is -2.34. The van der Waals surface area contributed by atoms with Crippen LogP contribution in [0.25, 0.3) is 10.9 Å². The van der Waals surface area contributed by atoms with Gasteiger partial charge in [0.1, 0.15) is 12.4 Å². The molecule has 150 valence electrons. The Hall–Kier alpha value is -2.74. The molecule has 8 nitrogen and oxygen atoms in total. The number of piperazine rings is 1. The topological polar surface area (TPSA) is 87.5 Å². The molecule has 1 aromatic carbocycles. The average Bonchev–Trinajstić information content (AvgIpc) is 2.70. The minimum Gasteiger partial charge on any atom is -0.355 e. The highest BCUT2D eigenvalue weighted by atomic mass is 16.2. The molecule has 1 aliphatic heterocycles. The van der Waals surface area contributed by atoms with Crippen LogP contribution < -0.4 is 10.9 Å². The summed E-state index contributed by atoms with van der Waals surface area (Å²) in [5, 5.41) is 3.38. The summed E-state index contributed by atoms with van der Waals surface area (Å²) in [6.45, 7) is 7.18. The summed E-state index contributed by atoms with van der Waals surface area (Å²) in [5.41, 5.74) is 0.450. The van der Waals surface area contributed by atoms with E-state index in [4.69, 9.17) is 0 Å². The predicted molar refractivity (Wildman–Crippen MR) is 107 cm³/mol. The number of carbonyl (C=O) groups excluding carboxylic acids is 2. The van der Waals surface area contributed by atoms with Gasteiger partial charge in [0.15, 0.2) is 0 Å². The quantitative estimate of drug-likeness (QED) is 0.777. The zero-order valence-corrected chi connectivity index (χ0v) is 16.5. The normalized spacial score (nSPS) is 15.0. The number of para-hydroxylation sites is 1. The molecule has 1 N–H and O–H groups in total. The molecule has 0 radical (unpaired) electrons. The molecule has 2 heterocycles. The fourth-order valence-electron chi connectivity index (χ4n) is 3.38. The number of nitrogens with one attached hydrogen (secondary N) is 1. The molecule has 1 aliphatic rings. The second-order valence-corrected chi connectivity index (χ2v) is 7.07. The molecule has 1 saturated heterocycles.